The van der Waals surface area contributed by atoms with Crippen LogP contribution in [0.25, 0.3) is 0 Å². The Hall–Kier alpha value is -1.94. The number of methoxy groups -OCH3 is 1. The predicted octanol–water partition coefficient (Wildman–Crippen LogP) is 3.45. The van der Waals surface area contributed by atoms with Crippen LogP contribution in [0.5, 0.6) is 5.75 Å². The normalized spacial score (nSPS) is 13.8. The number of benzene rings is 2. The van der Waals surface area contributed by atoms with Gasteiger partial charge in [0.15, 0.2) is 0 Å². The third-order valence-corrected chi connectivity index (χ3v) is 4.33. The molecule has 102 valence electrons. The van der Waals surface area contributed by atoms with E-state index in [1.165, 1.54) is 0 Å². The number of hydrogen-bond acceptors (Lipinski definition) is 3. The van der Waals surface area contributed by atoms with Crippen LogP contribution in [0, 0.1) is 0 Å². The van der Waals surface area contributed by atoms with Crippen molar-refractivity contribution in [2.45, 2.75) is 4.90 Å². The van der Waals surface area contributed by atoms with Crippen molar-refractivity contribution < 1.29 is 9.53 Å². The molecule has 3 nitrogen and oxygen atoms in total. The Morgan fingerprint density at radius 1 is 1.20 bits per heavy atom. The lowest BCUT2D eigenvalue weighted by molar-refractivity contribution is 0.0987. The molecule has 0 aliphatic carbocycles. The van der Waals surface area contributed by atoms with Crippen molar-refractivity contribution in [3.05, 3.63) is 54.1 Å². The molecule has 2 aromatic rings. The predicted molar refractivity (Wildman–Crippen MR) is 81.8 cm³/mol. The first kappa shape index (κ1) is 13.1. The fourth-order valence-electron chi connectivity index (χ4n) is 2.29. The minimum atomic E-state index is 0.0247. The Morgan fingerprint density at radius 2 is 2.05 bits per heavy atom. The summed E-state index contributed by atoms with van der Waals surface area (Å²) in [6, 6.07) is 15.3. The van der Waals surface area contributed by atoms with Crippen LogP contribution in [0.1, 0.15) is 10.4 Å². The van der Waals surface area contributed by atoms with Crippen molar-refractivity contribution in [3.63, 3.8) is 0 Å². The van der Waals surface area contributed by atoms with Crippen LogP contribution >= 0.6 is 11.8 Å². The minimum Gasteiger partial charge on any atom is -0.497 e. The molecule has 3 rings (SSSR count). The van der Waals surface area contributed by atoms with Gasteiger partial charge in [0.1, 0.15) is 5.75 Å². The topological polar surface area (TPSA) is 29.5 Å². The summed E-state index contributed by atoms with van der Waals surface area (Å²) in [7, 11) is 1.61. The molecule has 1 heterocycles. The van der Waals surface area contributed by atoms with Crippen LogP contribution in [0.15, 0.2) is 53.4 Å². The molecule has 0 fully saturated rings. The molecule has 0 radical (unpaired) electrons. The third-order valence-electron chi connectivity index (χ3n) is 3.29. The van der Waals surface area contributed by atoms with Crippen LogP contribution in [0.3, 0.4) is 0 Å². The number of anilines is 1. The molecule has 0 saturated heterocycles. The van der Waals surface area contributed by atoms with Gasteiger partial charge in [0.05, 0.1) is 12.8 Å². The van der Waals surface area contributed by atoms with Gasteiger partial charge in [0, 0.05) is 22.8 Å². The van der Waals surface area contributed by atoms with Gasteiger partial charge in [-0.3, -0.25) is 4.79 Å². The first-order chi connectivity index (χ1) is 9.79. The van der Waals surface area contributed by atoms with E-state index < -0.39 is 0 Å². The number of ether oxygens (including phenoxy) is 1. The number of thioether (sulfide) groups is 1. The maximum absolute atomic E-state index is 12.7. The summed E-state index contributed by atoms with van der Waals surface area (Å²) in [4.78, 5) is 15.7. The Balaban J connectivity index is 1.95. The molecule has 0 spiro atoms. The number of carbonyl (C=O) groups is 1. The Labute approximate surface area is 122 Å². The number of nitrogens with zero attached hydrogens (tertiary/aromatic N) is 1. The average Bonchev–Trinajstić information content (AvgIpc) is 2.53. The number of rotatable bonds is 2. The van der Waals surface area contributed by atoms with Gasteiger partial charge < -0.3 is 9.64 Å². The van der Waals surface area contributed by atoms with Gasteiger partial charge in [-0.05, 0) is 30.3 Å². The molecule has 0 unspecified atom stereocenters. The summed E-state index contributed by atoms with van der Waals surface area (Å²) in [5.74, 6) is 1.65. The molecule has 0 bridgehead atoms. The second kappa shape index (κ2) is 5.59. The second-order valence-electron chi connectivity index (χ2n) is 4.50. The summed E-state index contributed by atoms with van der Waals surface area (Å²) in [5, 5.41) is 0. The molecule has 20 heavy (non-hydrogen) atoms. The van der Waals surface area contributed by atoms with Crippen molar-refractivity contribution in [2.75, 3.05) is 24.3 Å². The number of hydrogen-bond donors (Lipinski definition) is 0. The first-order valence-corrected chi connectivity index (χ1v) is 7.46. The summed E-state index contributed by atoms with van der Waals surface area (Å²) in [6.45, 7) is 0.734. The highest BCUT2D eigenvalue weighted by atomic mass is 32.2. The number of fused-ring (bicyclic) bond motifs is 1. The van der Waals surface area contributed by atoms with Gasteiger partial charge in [0.25, 0.3) is 5.91 Å². The third kappa shape index (κ3) is 2.39. The molecule has 1 amide bonds. The van der Waals surface area contributed by atoms with Gasteiger partial charge in [-0.25, -0.2) is 0 Å². The van der Waals surface area contributed by atoms with Crippen molar-refractivity contribution >= 4 is 23.4 Å². The quantitative estimate of drug-likeness (QED) is 0.846. The second-order valence-corrected chi connectivity index (χ2v) is 5.64. The smallest absolute Gasteiger partial charge is 0.258 e. The van der Waals surface area contributed by atoms with Crippen molar-refractivity contribution in [1.82, 2.24) is 0 Å². The van der Waals surface area contributed by atoms with Crippen LogP contribution < -0.4 is 9.64 Å². The highest BCUT2D eigenvalue weighted by Crippen LogP contribution is 2.35. The highest BCUT2D eigenvalue weighted by molar-refractivity contribution is 7.99. The van der Waals surface area contributed by atoms with Crippen LogP contribution in [0.4, 0.5) is 5.69 Å². The molecular formula is C16H15NO2S. The molecule has 0 N–H and O–H groups in total. The van der Waals surface area contributed by atoms with Crippen LogP contribution in [0.2, 0.25) is 0 Å². The highest BCUT2D eigenvalue weighted by Gasteiger charge is 2.23. The zero-order valence-corrected chi connectivity index (χ0v) is 12.0. The molecule has 4 heteroatoms. The van der Waals surface area contributed by atoms with Gasteiger partial charge in [-0.15, -0.1) is 11.8 Å². The van der Waals surface area contributed by atoms with E-state index in [1.54, 1.807) is 24.9 Å². The van der Waals surface area contributed by atoms with E-state index >= 15 is 0 Å². The van der Waals surface area contributed by atoms with Gasteiger partial charge in [-0.1, -0.05) is 18.2 Å². The summed E-state index contributed by atoms with van der Waals surface area (Å²) < 4.78 is 5.19. The minimum absolute atomic E-state index is 0.0247. The van der Waals surface area contributed by atoms with Crippen molar-refractivity contribution in [1.29, 1.82) is 0 Å². The Morgan fingerprint density at radius 3 is 2.90 bits per heavy atom. The van der Waals surface area contributed by atoms with Gasteiger partial charge >= 0.3 is 0 Å². The molecular weight excluding hydrogens is 270 g/mol. The largest absolute Gasteiger partial charge is 0.497 e. The summed E-state index contributed by atoms with van der Waals surface area (Å²) >= 11 is 1.79. The monoisotopic (exact) mass is 285 g/mol. The lowest BCUT2D eigenvalue weighted by Crippen LogP contribution is -2.35. The van der Waals surface area contributed by atoms with Crippen molar-refractivity contribution in [2.24, 2.45) is 0 Å². The SMILES string of the molecule is COc1cccc(C(=O)N2CCSc3ccccc32)c1. The maximum Gasteiger partial charge on any atom is 0.258 e. The van der Waals surface area contributed by atoms with Gasteiger partial charge in [0.2, 0.25) is 0 Å². The zero-order valence-electron chi connectivity index (χ0n) is 11.2. The van der Waals surface area contributed by atoms with Crippen LogP contribution in [-0.4, -0.2) is 25.3 Å². The standard InChI is InChI=1S/C16H15NO2S/c1-19-13-6-4-5-12(11-13)16(18)17-9-10-20-15-8-3-2-7-14(15)17/h2-8,11H,9-10H2,1H3. The lowest BCUT2D eigenvalue weighted by atomic mass is 10.1. The first-order valence-electron chi connectivity index (χ1n) is 6.47. The lowest BCUT2D eigenvalue weighted by Gasteiger charge is -2.29. The molecule has 0 aromatic heterocycles. The number of amides is 1. The zero-order chi connectivity index (χ0) is 13.9. The van der Waals surface area contributed by atoms with E-state index in [0.717, 1.165) is 22.9 Å². The van der Waals surface area contributed by atoms with E-state index in [-0.39, 0.29) is 5.91 Å². The van der Waals surface area contributed by atoms with Gasteiger partial charge in [-0.2, -0.15) is 0 Å². The molecule has 1 aliphatic heterocycles. The van der Waals surface area contributed by atoms with E-state index in [0.29, 0.717) is 11.3 Å². The molecule has 0 atom stereocenters. The number of para-hydroxylation sites is 1. The summed E-state index contributed by atoms with van der Waals surface area (Å²) in [6.07, 6.45) is 0. The van der Waals surface area contributed by atoms with E-state index in [1.807, 2.05) is 41.3 Å². The Bertz CT molecular complexity index is 642. The fourth-order valence-corrected chi connectivity index (χ4v) is 3.29. The molecule has 2 aromatic carbocycles. The van der Waals surface area contributed by atoms with E-state index in [2.05, 4.69) is 6.07 Å². The van der Waals surface area contributed by atoms with E-state index in [9.17, 15) is 4.79 Å². The van der Waals surface area contributed by atoms with Crippen molar-refractivity contribution in [3.8, 4) is 5.75 Å². The summed E-state index contributed by atoms with van der Waals surface area (Å²) in [5.41, 5.74) is 1.66. The molecule has 0 saturated carbocycles. The fraction of sp³-hybridized carbons (Fsp3) is 0.188. The average molecular weight is 285 g/mol. The van der Waals surface area contributed by atoms with Crippen LogP contribution in [-0.2, 0) is 0 Å². The Kier molecular flexibility index (Phi) is 3.65. The maximum atomic E-state index is 12.7. The van der Waals surface area contributed by atoms with E-state index in [4.69, 9.17) is 4.74 Å². The molecule has 1 aliphatic rings. The number of carbonyl (C=O) groups excluding carboxylic acids is 1.